The molecule has 0 aliphatic rings. The number of rotatable bonds is 9. The zero-order chi connectivity index (χ0) is 22.3. The highest BCUT2D eigenvalue weighted by Gasteiger charge is 2.31. The largest absolute Gasteiger partial charge is 0.416 e. The van der Waals surface area contributed by atoms with E-state index in [2.05, 4.69) is 33.0 Å². The van der Waals surface area contributed by atoms with E-state index in [1.807, 2.05) is 35.6 Å². The molecule has 30 heavy (non-hydrogen) atoms. The Bertz CT molecular complexity index is 799. The standard InChI is InChI=1S/C23H30F3N3O/c1-16(2)29(17(3)4)14-13-27-21(18-9-6-5-7-10-18)22(30)28-20-12-8-11-19(15-20)23(24,25)26/h5-12,15-17,21,27H,13-14H2,1-4H3,(H,28,30)/p+2/t21-/m0/s1. The number of amides is 1. The van der Waals surface area contributed by atoms with Crippen LogP contribution in [-0.4, -0.2) is 31.1 Å². The monoisotopic (exact) mass is 423 g/mol. The number of nitrogens with one attached hydrogen (secondary N) is 2. The lowest BCUT2D eigenvalue weighted by Gasteiger charge is -2.27. The number of carbonyl (C=O) groups is 1. The molecule has 164 valence electrons. The quantitative estimate of drug-likeness (QED) is 0.571. The van der Waals surface area contributed by atoms with Crippen molar-refractivity contribution in [1.29, 1.82) is 0 Å². The summed E-state index contributed by atoms with van der Waals surface area (Å²) in [5, 5.41) is 4.62. The van der Waals surface area contributed by atoms with Crippen LogP contribution in [0.1, 0.15) is 44.9 Å². The van der Waals surface area contributed by atoms with Crippen molar-refractivity contribution in [2.45, 2.75) is 52.0 Å². The van der Waals surface area contributed by atoms with E-state index >= 15 is 0 Å². The minimum atomic E-state index is -4.45. The second kappa shape index (κ2) is 10.6. The van der Waals surface area contributed by atoms with Gasteiger partial charge in [0, 0.05) is 11.3 Å². The molecule has 0 bridgehead atoms. The van der Waals surface area contributed by atoms with Gasteiger partial charge in [-0.25, -0.2) is 0 Å². The van der Waals surface area contributed by atoms with Crippen molar-refractivity contribution >= 4 is 11.6 Å². The number of alkyl halides is 3. The van der Waals surface area contributed by atoms with Gasteiger partial charge in [0.2, 0.25) is 0 Å². The van der Waals surface area contributed by atoms with Crippen molar-refractivity contribution in [2.24, 2.45) is 0 Å². The fraction of sp³-hybridized carbons (Fsp3) is 0.435. The van der Waals surface area contributed by atoms with Crippen LogP contribution in [0.2, 0.25) is 0 Å². The lowest BCUT2D eigenvalue weighted by Crippen LogP contribution is -3.19. The molecule has 0 aromatic heterocycles. The molecular weight excluding hydrogens is 391 g/mol. The Balaban J connectivity index is 2.14. The molecule has 0 aliphatic carbocycles. The van der Waals surface area contributed by atoms with Gasteiger partial charge >= 0.3 is 6.18 Å². The fourth-order valence-electron chi connectivity index (χ4n) is 3.71. The average Bonchev–Trinajstić information content (AvgIpc) is 2.67. The maximum absolute atomic E-state index is 13.0. The molecule has 0 spiro atoms. The van der Waals surface area contributed by atoms with Crippen LogP contribution in [0.25, 0.3) is 0 Å². The zero-order valence-corrected chi connectivity index (χ0v) is 18.0. The number of anilines is 1. The summed E-state index contributed by atoms with van der Waals surface area (Å²) in [5.74, 6) is -0.337. The van der Waals surface area contributed by atoms with Gasteiger partial charge in [0.25, 0.3) is 5.91 Å². The molecule has 0 fully saturated rings. The third-order valence-corrected chi connectivity index (χ3v) is 5.22. The van der Waals surface area contributed by atoms with Crippen molar-refractivity contribution in [3.8, 4) is 0 Å². The van der Waals surface area contributed by atoms with E-state index in [4.69, 9.17) is 0 Å². The van der Waals surface area contributed by atoms with Crippen LogP contribution < -0.4 is 15.5 Å². The van der Waals surface area contributed by atoms with E-state index in [-0.39, 0.29) is 11.6 Å². The first kappa shape index (κ1) is 23.9. The normalized spacial score (nSPS) is 13.1. The van der Waals surface area contributed by atoms with E-state index in [0.717, 1.165) is 30.8 Å². The first-order valence-electron chi connectivity index (χ1n) is 10.3. The zero-order valence-electron chi connectivity index (χ0n) is 18.0. The van der Waals surface area contributed by atoms with Crippen molar-refractivity contribution in [2.75, 3.05) is 18.4 Å². The van der Waals surface area contributed by atoms with Gasteiger partial charge < -0.3 is 15.5 Å². The molecule has 0 saturated carbocycles. The average molecular weight is 424 g/mol. The summed E-state index contributed by atoms with van der Waals surface area (Å²) in [4.78, 5) is 14.4. The second-order valence-electron chi connectivity index (χ2n) is 8.11. The van der Waals surface area contributed by atoms with Gasteiger partial charge in [-0.3, -0.25) is 4.79 Å². The molecule has 0 heterocycles. The van der Waals surface area contributed by atoms with Gasteiger partial charge in [0.15, 0.2) is 6.04 Å². The minimum absolute atomic E-state index is 0.140. The Labute approximate surface area is 176 Å². The lowest BCUT2D eigenvalue weighted by molar-refractivity contribution is -0.952. The van der Waals surface area contributed by atoms with Crippen LogP contribution in [0, 0.1) is 0 Å². The molecule has 0 unspecified atom stereocenters. The van der Waals surface area contributed by atoms with Gasteiger partial charge in [-0.2, -0.15) is 13.2 Å². The second-order valence-corrected chi connectivity index (χ2v) is 8.11. The number of carbonyl (C=O) groups excluding carboxylic acids is 1. The third-order valence-electron chi connectivity index (χ3n) is 5.22. The van der Waals surface area contributed by atoms with Gasteiger partial charge in [0.1, 0.15) is 13.1 Å². The summed E-state index contributed by atoms with van der Waals surface area (Å²) in [7, 11) is 0. The number of benzene rings is 2. The van der Waals surface area contributed by atoms with Crippen LogP contribution in [0.5, 0.6) is 0 Å². The number of nitrogens with two attached hydrogens (primary N) is 1. The molecule has 7 heteroatoms. The van der Waals surface area contributed by atoms with Crippen LogP contribution in [-0.2, 0) is 11.0 Å². The minimum Gasteiger partial charge on any atom is -0.328 e. The van der Waals surface area contributed by atoms with Crippen LogP contribution >= 0.6 is 0 Å². The topological polar surface area (TPSA) is 50.2 Å². The number of hydrogen-bond acceptors (Lipinski definition) is 1. The predicted molar refractivity (Wildman–Crippen MR) is 112 cm³/mol. The highest BCUT2D eigenvalue weighted by Crippen LogP contribution is 2.30. The molecule has 2 aromatic carbocycles. The van der Waals surface area contributed by atoms with Crippen molar-refractivity contribution in [3.63, 3.8) is 0 Å². The summed E-state index contributed by atoms with van der Waals surface area (Å²) >= 11 is 0. The lowest BCUT2D eigenvalue weighted by atomic mass is 10.1. The highest BCUT2D eigenvalue weighted by molar-refractivity contribution is 5.94. The van der Waals surface area contributed by atoms with Crippen LogP contribution in [0.15, 0.2) is 54.6 Å². The maximum Gasteiger partial charge on any atom is 0.416 e. The van der Waals surface area contributed by atoms with Gasteiger partial charge in [-0.15, -0.1) is 0 Å². The molecule has 0 aliphatic heterocycles. The van der Waals surface area contributed by atoms with Crippen molar-refractivity contribution in [1.82, 2.24) is 0 Å². The fourth-order valence-corrected chi connectivity index (χ4v) is 3.71. The SMILES string of the molecule is CC(C)[NH+](CC[NH2+][C@H](C(=O)Nc1cccc(C(F)(F)F)c1)c1ccccc1)C(C)C. The number of halogens is 3. The van der Waals surface area contributed by atoms with Gasteiger partial charge in [-0.05, 0) is 45.9 Å². The molecular formula is C23H32F3N3O+2. The van der Waals surface area contributed by atoms with Crippen LogP contribution in [0.3, 0.4) is 0 Å². The Morgan fingerprint density at radius 2 is 1.63 bits per heavy atom. The number of hydrogen-bond donors (Lipinski definition) is 3. The van der Waals surface area contributed by atoms with E-state index in [9.17, 15) is 18.0 Å². The Morgan fingerprint density at radius 1 is 1.00 bits per heavy atom. The molecule has 2 rings (SSSR count). The van der Waals surface area contributed by atoms with Crippen molar-refractivity contribution < 1.29 is 28.2 Å². The Kier molecular flexibility index (Phi) is 8.43. The predicted octanol–water partition coefficient (Wildman–Crippen LogP) is 2.65. The molecule has 2 aromatic rings. The van der Waals surface area contributed by atoms with Gasteiger partial charge in [-0.1, -0.05) is 36.4 Å². The number of quaternary nitrogens is 2. The van der Waals surface area contributed by atoms with Crippen LogP contribution in [0.4, 0.5) is 18.9 Å². The Hall–Kier alpha value is -2.38. The van der Waals surface area contributed by atoms with E-state index in [0.29, 0.717) is 12.1 Å². The summed E-state index contributed by atoms with van der Waals surface area (Å²) in [6, 6.07) is 14.4. The van der Waals surface area contributed by atoms with Crippen molar-refractivity contribution in [3.05, 3.63) is 65.7 Å². The molecule has 1 atom stereocenters. The maximum atomic E-state index is 13.0. The molecule has 1 amide bonds. The summed E-state index contributed by atoms with van der Waals surface area (Å²) < 4.78 is 38.9. The molecule has 0 saturated heterocycles. The summed E-state index contributed by atoms with van der Waals surface area (Å²) in [5.41, 5.74) is 0.173. The molecule has 4 N–H and O–H groups in total. The molecule has 4 nitrogen and oxygen atoms in total. The summed E-state index contributed by atoms with van der Waals surface area (Å²) in [6.45, 7) is 10.3. The van der Waals surface area contributed by atoms with Gasteiger partial charge in [0.05, 0.1) is 17.6 Å². The molecule has 0 radical (unpaired) electrons. The van der Waals surface area contributed by atoms with E-state index < -0.39 is 17.8 Å². The van der Waals surface area contributed by atoms with E-state index in [1.165, 1.54) is 17.0 Å². The third kappa shape index (κ3) is 6.85. The Morgan fingerprint density at radius 3 is 2.20 bits per heavy atom. The first-order chi connectivity index (χ1) is 14.1. The smallest absolute Gasteiger partial charge is 0.328 e. The summed E-state index contributed by atoms with van der Waals surface area (Å²) in [6.07, 6.45) is -4.45. The van der Waals surface area contributed by atoms with E-state index in [1.54, 1.807) is 0 Å². The highest BCUT2D eigenvalue weighted by atomic mass is 19.4. The first-order valence-corrected chi connectivity index (χ1v) is 10.3.